The molecule has 112 valence electrons. The van der Waals surface area contributed by atoms with Gasteiger partial charge in [-0.15, -0.1) is 0 Å². The lowest BCUT2D eigenvalue weighted by molar-refractivity contribution is 0.314. The number of benzene rings is 2. The molecule has 0 amide bonds. The highest BCUT2D eigenvalue weighted by Gasteiger charge is 2.06. The van der Waals surface area contributed by atoms with Crippen molar-refractivity contribution in [3.63, 3.8) is 0 Å². The van der Waals surface area contributed by atoms with E-state index in [1.54, 1.807) is 0 Å². The molecule has 0 aliphatic rings. The predicted octanol–water partition coefficient (Wildman–Crippen LogP) is 6.11. The van der Waals surface area contributed by atoms with E-state index in [-0.39, 0.29) is 0 Å². The zero-order valence-electron chi connectivity index (χ0n) is 11.6. The third kappa shape index (κ3) is 5.04. The van der Waals surface area contributed by atoms with Crippen LogP contribution in [0.25, 0.3) is 0 Å². The molecule has 0 fully saturated rings. The molecular formula is C16H16BrClINO. The van der Waals surface area contributed by atoms with Crippen LogP contribution in [0.15, 0.2) is 40.9 Å². The molecule has 2 aromatic rings. The molecular weight excluding hydrogens is 464 g/mol. The number of nitrogens with one attached hydrogen (secondary N) is 1. The Labute approximate surface area is 152 Å². The Morgan fingerprint density at radius 3 is 2.76 bits per heavy atom. The van der Waals surface area contributed by atoms with E-state index in [0.29, 0.717) is 6.54 Å². The summed E-state index contributed by atoms with van der Waals surface area (Å²) in [6.45, 7) is 3.54. The molecule has 0 heterocycles. The molecule has 5 heteroatoms. The molecule has 0 aromatic heterocycles. The molecule has 0 radical (unpaired) electrons. The van der Waals surface area contributed by atoms with Crippen LogP contribution >= 0.6 is 50.1 Å². The van der Waals surface area contributed by atoms with Crippen LogP contribution < -0.4 is 10.1 Å². The van der Waals surface area contributed by atoms with Crippen molar-refractivity contribution in [2.75, 3.05) is 11.9 Å². The SMILES string of the molecule is CCCOc1ccc(Br)cc1CNc1ccc(Cl)cc1I. The second-order valence-corrected chi connectivity index (χ2v) is 7.09. The molecule has 1 N–H and O–H groups in total. The molecule has 0 atom stereocenters. The Morgan fingerprint density at radius 2 is 2.05 bits per heavy atom. The summed E-state index contributed by atoms with van der Waals surface area (Å²) < 4.78 is 7.95. The lowest BCUT2D eigenvalue weighted by Crippen LogP contribution is -2.05. The summed E-state index contributed by atoms with van der Waals surface area (Å²) >= 11 is 11.8. The first-order valence-corrected chi connectivity index (χ1v) is 8.95. The van der Waals surface area contributed by atoms with Crippen LogP contribution in [0.4, 0.5) is 5.69 Å². The van der Waals surface area contributed by atoms with Gasteiger partial charge in [0.1, 0.15) is 5.75 Å². The van der Waals surface area contributed by atoms with Crippen molar-refractivity contribution in [1.29, 1.82) is 0 Å². The maximum Gasteiger partial charge on any atom is 0.124 e. The molecule has 2 aromatic carbocycles. The molecule has 0 spiro atoms. The number of anilines is 1. The Bertz CT molecular complexity index is 621. The van der Waals surface area contributed by atoms with Gasteiger partial charge in [-0.2, -0.15) is 0 Å². The van der Waals surface area contributed by atoms with Crippen molar-refractivity contribution in [2.45, 2.75) is 19.9 Å². The summed E-state index contributed by atoms with van der Waals surface area (Å²) in [6, 6.07) is 11.9. The summed E-state index contributed by atoms with van der Waals surface area (Å²) in [5, 5.41) is 4.18. The summed E-state index contributed by atoms with van der Waals surface area (Å²) in [5.74, 6) is 0.927. The van der Waals surface area contributed by atoms with E-state index in [9.17, 15) is 0 Å². The monoisotopic (exact) mass is 479 g/mol. The topological polar surface area (TPSA) is 21.3 Å². The van der Waals surface area contributed by atoms with Gasteiger partial charge in [0.25, 0.3) is 0 Å². The lowest BCUT2D eigenvalue weighted by atomic mass is 10.2. The van der Waals surface area contributed by atoms with Gasteiger partial charge in [-0.3, -0.25) is 0 Å². The average Bonchev–Trinajstić information content (AvgIpc) is 2.45. The van der Waals surface area contributed by atoms with Crippen molar-refractivity contribution >= 4 is 55.8 Å². The van der Waals surface area contributed by atoms with Crippen LogP contribution in [0.2, 0.25) is 5.02 Å². The molecule has 0 aliphatic heterocycles. The Hall–Kier alpha value is -0.460. The van der Waals surface area contributed by atoms with Gasteiger partial charge in [0.2, 0.25) is 0 Å². The maximum absolute atomic E-state index is 5.98. The molecule has 2 rings (SSSR count). The summed E-state index contributed by atoms with van der Waals surface area (Å²) in [5.41, 5.74) is 2.20. The van der Waals surface area contributed by atoms with Crippen LogP contribution in [0.5, 0.6) is 5.75 Å². The Morgan fingerprint density at radius 1 is 1.24 bits per heavy atom. The maximum atomic E-state index is 5.98. The fourth-order valence-electron chi connectivity index (χ4n) is 1.86. The van der Waals surface area contributed by atoms with Gasteiger partial charge in [-0.05, 0) is 65.4 Å². The van der Waals surface area contributed by atoms with E-state index in [1.165, 1.54) is 0 Å². The number of hydrogen-bond donors (Lipinski definition) is 1. The van der Waals surface area contributed by atoms with Crippen molar-refractivity contribution < 1.29 is 4.74 Å². The highest BCUT2D eigenvalue weighted by molar-refractivity contribution is 14.1. The minimum atomic E-state index is 0.704. The highest BCUT2D eigenvalue weighted by Crippen LogP contribution is 2.27. The minimum absolute atomic E-state index is 0.704. The van der Waals surface area contributed by atoms with Crippen molar-refractivity contribution in [1.82, 2.24) is 0 Å². The number of halogens is 3. The third-order valence-electron chi connectivity index (χ3n) is 2.88. The normalized spacial score (nSPS) is 10.5. The standard InChI is InChI=1S/C16H16BrClINO/c1-2-7-21-16-6-3-12(17)8-11(16)10-20-15-5-4-13(18)9-14(15)19/h3-6,8-9,20H,2,7,10H2,1H3. The third-order valence-corrected chi connectivity index (χ3v) is 4.51. The summed E-state index contributed by atoms with van der Waals surface area (Å²) in [4.78, 5) is 0. The first-order chi connectivity index (χ1) is 10.1. The van der Waals surface area contributed by atoms with Crippen molar-refractivity contribution in [3.8, 4) is 5.75 Å². The minimum Gasteiger partial charge on any atom is -0.493 e. The Kier molecular flexibility index (Phi) is 6.64. The van der Waals surface area contributed by atoms with Crippen LogP contribution in [-0.2, 0) is 6.54 Å². The van der Waals surface area contributed by atoms with Gasteiger partial charge in [0, 0.05) is 30.9 Å². The van der Waals surface area contributed by atoms with Crippen molar-refractivity contribution in [3.05, 3.63) is 55.0 Å². The zero-order valence-corrected chi connectivity index (χ0v) is 16.1. The number of rotatable bonds is 6. The van der Waals surface area contributed by atoms with E-state index < -0.39 is 0 Å². The van der Waals surface area contributed by atoms with Gasteiger partial charge >= 0.3 is 0 Å². The van der Waals surface area contributed by atoms with Crippen LogP contribution in [0, 0.1) is 3.57 Å². The van der Waals surface area contributed by atoms with Crippen LogP contribution in [0.3, 0.4) is 0 Å². The fraction of sp³-hybridized carbons (Fsp3) is 0.250. The molecule has 21 heavy (non-hydrogen) atoms. The molecule has 0 bridgehead atoms. The largest absolute Gasteiger partial charge is 0.493 e. The summed E-state index contributed by atoms with van der Waals surface area (Å²) in [6.07, 6.45) is 0.998. The Balaban J connectivity index is 2.12. The van der Waals surface area contributed by atoms with Gasteiger partial charge in [0.15, 0.2) is 0 Å². The van der Waals surface area contributed by atoms with Gasteiger partial charge in [0.05, 0.1) is 6.61 Å². The lowest BCUT2D eigenvalue weighted by Gasteiger charge is -2.14. The summed E-state index contributed by atoms with van der Waals surface area (Å²) in [7, 11) is 0. The van der Waals surface area contributed by atoms with Gasteiger partial charge in [-0.1, -0.05) is 34.5 Å². The first-order valence-electron chi connectivity index (χ1n) is 6.70. The van der Waals surface area contributed by atoms with E-state index in [1.807, 2.05) is 30.3 Å². The molecule has 0 saturated heterocycles. The molecule has 0 saturated carbocycles. The molecule has 0 aliphatic carbocycles. The van der Waals surface area contributed by atoms with Crippen LogP contribution in [0.1, 0.15) is 18.9 Å². The van der Waals surface area contributed by atoms with E-state index >= 15 is 0 Å². The van der Waals surface area contributed by atoms with E-state index in [4.69, 9.17) is 16.3 Å². The van der Waals surface area contributed by atoms with E-state index in [0.717, 1.165) is 43.1 Å². The van der Waals surface area contributed by atoms with Gasteiger partial charge in [-0.25, -0.2) is 0 Å². The number of ether oxygens (including phenoxy) is 1. The fourth-order valence-corrected chi connectivity index (χ4v) is 3.33. The molecule has 0 unspecified atom stereocenters. The van der Waals surface area contributed by atoms with Crippen molar-refractivity contribution in [2.24, 2.45) is 0 Å². The zero-order chi connectivity index (χ0) is 15.2. The second kappa shape index (κ2) is 8.25. The smallest absolute Gasteiger partial charge is 0.124 e. The van der Waals surface area contributed by atoms with E-state index in [2.05, 4.69) is 56.8 Å². The highest BCUT2D eigenvalue weighted by atomic mass is 127. The second-order valence-electron chi connectivity index (χ2n) is 4.58. The quantitative estimate of drug-likeness (QED) is 0.504. The van der Waals surface area contributed by atoms with Gasteiger partial charge < -0.3 is 10.1 Å². The average molecular weight is 481 g/mol. The predicted molar refractivity (Wildman–Crippen MR) is 101 cm³/mol. The van der Waals surface area contributed by atoms with Crippen LogP contribution in [-0.4, -0.2) is 6.61 Å². The molecule has 2 nitrogen and oxygen atoms in total. The first kappa shape index (κ1) is 16.9. The number of hydrogen-bond acceptors (Lipinski definition) is 2.